The molecule has 21 aromatic carbocycles. The van der Waals surface area contributed by atoms with Crippen molar-refractivity contribution in [2.45, 2.75) is 0 Å². The first-order chi connectivity index (χ1) is 71.0. The van der Waals surface area contributed by atoms with Gasteiger partial charge in [-0.1, -0.05) is 394 Å². The van der Waals surface area contributed by atoms with Crippen LogP contribution in [0.15, 0.2) is 528 Å². The van der Waals surface area contributed by atoms with E-state index in [-0.39, 0.29) is 0 Å². The number of fused-ring (bicyclic) bond motifs is 11. The summed E-state index contributed by atoms with van der Waals surface area (Å²) in [6, 6.07) is 178. The summed E-state index contributed by atoms with van der Waals surface area (Å²) in [4.78, 5) is 30.8. The van der Waals surface area contributed by atoms with Crippen molar-refractivity contribution in [2.75, 3.05) is 0 Å². The fourth-order valence-corrected chi connectivity index (χ4v) is 19.9. The molecular weight excluding hydrogens is 1710 g/mol. The van der Waals surface area contributed by atoms with Crippen LogP contribution in [0.3, 0.4) is 0 Å². The molecule has 0 N–H and O–H groups in total. The maximum atomic E-state index is 8.04. The molecule has 0 amide bonds. The molecule has 141 heavy (non-hydrogen) atoms. The molecule has 0 saturated heterocycles. The number of aromatic nitrogens is 9. The molecule has 0 bridgehead atoms. The SMILES string of the molecule is [2H]c1ccc(-c2nc3ccccc3n2-c2ccc(-c3cc(-c4cc5ccccc5c5ccccc45)cc(-c4cc5ccccc5c5ccccc45)n3)cc2)cc1.[2H]c1ccc(-c2nc3ccccc3n2-c2ccc(-c3cc(-c4ccc5ccccc5c4)cc(-c4ccc5ccccc5c4)n3)cc2)cc1.[2H]c1ccc(-c2nc3ccccc3n2-c2ccc(-c3cc(-c4ccccc4)cc(-c4ccccc4)n3)cc2)cc1. The number of imidazole rings is 3. The molecule has 27 rings (SSSR count). The second kappa shape index (κ2) is 36.7. The van der Waals surface area contributed by atoms with Gasteiger partial charge in [-0.25, -0.2) is 29.9 Å². The van der Waals surface area contributed by atoms with E-state index in [9.17, 15) is 0 Å². The van der Waals surface area contributed by atoms with Crippen LogP contribution in [0.4, 0.5) is 0 Å². The van der Waals surface area contributed by atoms with E-state index in [1.807, 2.05) is 133 Å². The average molecular weight is 1800 g/mol. The predicted octanol–water partition coefficient (Wildman–Crippen LogP) is 34.2. The zero-order valence-electron chi connectivity index (χ0n) is 79.5. The Balaban J connectivity index is 0.000000115. The highest BCUT2D eigenvalue weighted by molar-refractivity contribution is 6.16. The highest BCUT2D eigenvalue weighted by Crippen LogP contribution is 2.44. The Kier molecular flexibility index (Phi) is 20.9. The number of nitrogens with zero attached hydrogens (tertiary/aromatic N) is 9. The molecule has 0 aliphatic heterocycles. The average Bonchev–Trinajstić information content (AvgIpc) is 1.25. The lowest BCUT2D eigenvalue weighted by Gasteiger charge is -2.16. The minimum Gasteiger partial charge on any atom is -0.292 e. The summed E-state index contributed by atoms with van der Waals surface area (Å²) >= 11 is 0. The van der Waals surface area contributed by atoms with E-state index in [1.165, 1.54) is 70.2 Å². The van der Waals surface area contributed by atoms with Gasteiger partial charge in [-0.05, 0) is 231 Å². The fraction of sp³-hybridized carbons (Fsp3) is 0. The van der Waals surface area contributed by atoms with Crippen molar-refractivity contribution in [3.63, 3.8) is 0 Å². The molecule has 0 saturated carbocycles. The van der Waals surface area contributed by atoms with E-state index in [4.69, 9.17) is 34.0 Å². The quantitative estimate of drug-likeness (QED) is 0.0950. The van der Waals surface area contributed by atoms with Crippen LogP contribution in [-0.2, 0) is 0 Å². The van der Waals surface area contributed by atoms with Gasteiger partial charge in [-0.3, -0.25) is 13.7 Å². The first-order valence-corrected chi connectivity index (χ1v) is 47.5. The van der Waals surface area contributed by atoms with E-state index in [2.05, 4.69) is 378 Å². The molecule has 27 aromatic rings. The summed E-state index contributed by atoms with van der Waals surface area (Å²) in [6.45, 7) is 0. The van der Waals surface area contributed by atoms with Gasteiger partial charge in [0, 0.05) is 67.1 Å². The third-order valence-electron chi connectivity index (χ3n) is 26.8. The fourth-order valence-electron chi connectivity index (χ4n) is 19.9. The molecular formula is C132H87N9. The van der Waals surface area contributed by atoms with Crippen LogP contribution >= 0.6 is 0 Å². The van der Waals surface area contributed by atoms with E-state index in [1.54, 1.807) is 12.1 Å². The van der Waals surface area contributed by atoms with Crippen molar-refractivity contribution in [3.8, 4) is 152 Å². The van der Waals surface area contributed by atoms with E-state index in [0.717, 1.165) is 180 Å². The number of hydrogen-bond donors (Lipinski definition) is 0. The maximum absolute atomic E-state index is 8.04. The van der Waals surface area contributed by atoms with Gasteiger partial charge in [0.2, 0.25) is 0 Å². The lowest BCUT2D eigenvalue weighted by Crippen LogP contribution is -1.98. The molecule has 6 heterocycles. The normalized spacial score (nSPS) is 11.7. The number of para-hydroxylation sites is 6. The van der Waals surface area contributed by atoms with Gasteiger partial charge in [0.1, 0.15) is 17.5 Å². The second-order valence-corrected chi connectivity index (χ2v) is 35.4. The Labute approximate surface area is 819 Å². The van der Waals surface area contributed by atoms with Crippen molar-refractivity contribution in [1.82, 2.24) is 43.6 Å². The number of hydrogen-bond acceptors (Lipinski definition) is 6. The van der Waals surface area contributed by atoms with E-state index in [0.29, 0.717) is 18.1 Å². The smallest absolute Gasteiger partial charge is 0.145 e. The summed E-state index contributed by atoms with van der Waals surface area (Å²) in [7, 11) is 0. The van der Waals surface area contributed by atoms with Gasteiger partial charge in [-0.2, -0.15) is 0 Å². The monoisotopic (exact) mass is 1800 g/mol. The molecule has 0 atom stereocenters. The molecule has 0 aliphatic carbocycles. The summed E-state index contributed by atoms with van der Waals surface area (Å²) in [5.74, 6) is 2.54. The molecule has 6 aromatic heterocycles. The Morgan fingerprint density at radius 1 is 0.149 bits per heavy atom. The minimum absolute atomic E-state index is 0.475. The first-order valence-electron chi connectivity index (χ1n) is 49.0. The second-order valence-electron chi connectivity index (χ2n) is 35.4. The minimum atomic E-state index is 0.475. The van der Waals surface area contributed by atoms with Gasteiger partial charge < -0.3 is 0 Å². The molecule has 0 fully saturated rings. The summed E-state index contributed by atoms with van der Waals surface area (Å²) in [5.41, 5.74) is 30.6. The van der Waals surface area contributed by atoms with Crippen molar-refractivity contribution in [3.05, 3.63) is 528 Å². The standard InChI is InChI=1S/C52H33N3.C44H29N3.C36H25N3/c1-2-14-35(15-3-1)52-54-48-24-12-13-25-51(48)55(52)39-28-26-34(27-29-39)49-32-38(46-30-36-16-4-6-18-40(36)42-20-8-10-22-44(42)46)33-50(53-49)47-31-37-17-5-7-19-41(37)43-21-9-11-23-45(43)47;1-2-12-33(13-3-1)44-46-40-16-8-9-17-43(40)47(44)39-24-22-32(23-25-39)41-28-38(36-20-18-30-10-4-6-14-34(30)26-36)29-42(45-41)37-21-19-31-11-5-7-15-35(31)27-37;1-4-12-26(13-5-1)30-24-33(27-14-6-2-7-15-27)37-34(25-30)28-20-22-31(23-21-28)39-35-19-11-10-18-32(35)38-36(39)29-16-8-3-9-17-29/h1-33H;1-29H;1-25H/i2*1D;3D. The van der Waals surface area contributed by atoms with Crippen LogP contribution < -0.4 is 0 Å². The topological polar surface area (TPSA) is 92.1 Å². The Morgan fingerprint density at radius 2 is 0.426 bits per heavy atom. The zero-order valence-corrected chi connectivity index (χ0v) is 76.5. The third kappa shape index (κ3) is 16.3. The number of rotatable bonds is 15. The van der Waals surface area contributed by atoms with Crippen LogP contribution in [0.25, 0.3) is 250 Å². The van der Waals surface area contributed by atoms with E-state index >= 15 is 0 Å². The van der Waals surface area contributed by atoms with Crippen molar-refractivity contribution in [2.24, 2.45) is 0 Å². The van der Waals surface area contributed by atoms with Crippen molar-refractivity contribution in [1.29, 1.82) is 0 Å². The molecule has 9 nitrogen and oxygen atoms in total. The maximum Gasteiger partial charge on any atom is 0.145 e. The van der Waals surface area contributed by atoms with Crippen molar-refractivity contribution >= 4 is 97.7 Å². The summed E-state index contributed by atoms with van der Waals surface area (Å²) in [5, 5.41) is 14.6. The molecule has 0 unspecified atom stereocenters. The van der Waals surface area contributed by atoms with Crippen LogP contribution in [0, 0.1) is 0 Å². The van der Waals surface area contributed by atoms with Crippen molar-refractivity contribution < 1.29 is 4.11 Å². The highest BCUT2D eigenvalue weighted by Gasteiger charge is 2.23. The lowest BCUT2D eigenvalue weighted by molar-refractivity contribution is 1.10. The zero-order chi connectivity index (χ0) is 96.1. The van der Waals surface area contributed by atoms with Crippen LogP contribution in [-0.4, -0.2) is 43.6 Å². The molecule has 0 aliphatic rings. The van der Waals surface area contributed by atoms with Gasteiger partial charge in [0.05, 0.1) is 71.4 Å². The Hall–Kier alpha value is -19.0. The molecule has 660 valence electrons. The van der Waals surface area contributed by atoms with Gasteiger partial charge in [0.25, 0.3) is 0 Å². The lowest BCUT2D eigenvalue weighted by atomic mass is 9.91. The summed E-state index contributed by atoms with van der Waals surface area (Å²) in [6.07, 6.45) is 0. The number of benzene rings is 21. The molecule has 0 spiro atoms. The predicted molar refractivity (Wildman–Crippen MR) is 587 cm³/mol. The highest BCUT2D eigenvalue weighted by atomic mass is 15.1. The Bertz CT molecular complexity index is 9290. The van der Waals surface area contributed by atoms with Crippen LogP contribution in [0.5, 0.6) is 0 Å². The van der Waals surface area contributed by atoms with Crippen LogP contribution in [0.2, 0.25) is 0 Å². The number of pyridine rings is 3. The van der Waals surface area contributed by atoms with E-state index < -0.39 is 0 Å². The van der Waals surface area contributed by atoms with Gasteiger partial charge in [-0.15, -0.1) is 0 Å². The third-order valence-corrected chi connectivity index (χ3v) is 26.8. The Morgan fingerprint density at radius 3 is 0.851 bits per heavy atom. The largest absolute Gasteiger partial charge is 0.292 e. The summed E-state index contributed by atoms with van der Waals surface area (Å²) < 4.78 is 30.5. The first kappa shape index (κ1) is 80.5. The molecule has 9 heteroatoms. The van der Waals surface area contributed by atoms with Crippen LogP contribution in [0.1, 0.15) is 4.11 Å². The molecule has 0 radical (unpaired) electrons. The van der Waals surface area contributed by atoms with Gasteiger partial charge in [0.15, 0.2) is 0 Å². The van der Waals surface area contributed by atoms with Gasteiger partial charge >= 0.3 is 0 Å².